The van der Waals surface area contributed by atoms with Gasteiger partial charge in [-0.3, -0.25) is 4.79 Å². The molecule has 1 aromatic heterocycles. The molecule has 4 nitrogen and oxygen atoms in total. The van der Waals surface area contributed by atoms with Crippen LogP contribution in [0, 0.1) is 5.92 Å². The number of para-hydroxylation sites is 1. The molecule has 172 valence electrons. The molecule has 1 aliphatic heterocycles. The molecule has 1 amide bonds. The van der Waals surface area contributed by atoms with Crippen LogP contribution in [0.3, 0.4) is 0 Å². The Bertz CT molecular complexity index is 815. The highest BCUT2D eigenvalue weighted by atomic mass is 16.2. The van der Waals surface area contributed by atoms with Gasteiger partial charge in [-0.1, -0.05) is 58.2 Å². The minimum Gasteiger partial charge on any atom is -0.347 e. The molecule has 1 aliphatic carbocycles. The molecule has 0 spiro atoms. The van der Waals surface area contributed by atoms with Gasteiger partial charge in [0, 0.05) is 43.2 Å². The van der Waals surface area contributed by atoms with Crippen LogP contribution in [0.1, 0.15) is 83.6 Å². The van der Waals surface area contributed by atoms with Crippen LogP contribution in [0.15, 0.2) is 30.5 Å². The smallest absolute Gasteiger partial charge is 0.223 e. The molecular weight excluding hydrogens is 382 g/mol. The lowest BCUT2D eigenvalue weighted by atomic mass is 9.89. The summed E-state index contributed by atoms with van der Waals surface area (Å²) < 4.78 is 2.47. The molecule has 2 aromatic rings. The second-order valence-corrected chi connectivity index (χ2v) is 9.35. The molecular formula is C27H43N3O. The van der Waals surface area contributed by atoms with E-state index in [4.69, 9.17) is 0 Å². The summed E-state index contributed by atoms with van der Waals surface area (Å²) in [6, 6.07) is 9.15. The standard InChI is InChI=1S/C25H37N3O.C2H6/c1-19(16-25(29)27(2)21-12-14-26-15-13-21)23-18-28(17-20-8-4-3-5-9-20)24-11-7-6-10-22(23)24;1-2/h6-7,10-11,18-21,26H,3-5,8-9,12-17H2,1-2H3;1-2H3. The first-order chi connectivity index (χ1) is 15.1. The SMILES string of the molecule is CC.CC(CC(=O)N(C)C1CCNCC1)c1cn(CC2CCCCC2)c2ccccc12. The molecule has 1 saturated carbocycles. The van der Waals surface area contributed by atoms with Crippen LogP contribution in [0.2, 0.25) is 0 Å². The van der Waals surface area contributed by atoms with Crippen LogP contribution >= 0.6 is 0 Å². The number of nitrogens with one attached hydrogen (secondary N) is 1. The number of hydrogen-bond acceptors (Lipinski definition) is 2. The minimum atomic E-state index is 0.240. The highest BCUT2D eigenvalue weighted by Gasteiger charge is 2.25. The molecule has 1 unspecified atom stereocenters. The molecule has 1 saturated heterocycles. The molecule has 2 fully saturated rings. The Kier molecular flexibility index (Phi) is 9.01. The van der Waals surface area contributed by atoms with E-state index in [9.17, 15) is 4.79 Å². The normalized spacial score (nSPS) is 19.0. The van der Waals surface area contributed by atoms with Crippen LogP contribution in [-0.4, -0.2) is 41.6 Å². The van der Waals surface area contributed by atoms with Gasteiger partial charge >= 0.3 is 0 Å². The number of fused-ring (bicyclic) bond motifs is 1. The predicted octanol–water partition coefficient (Wildman–Crippen LogP) is 5.95. The predicted molar refractivity (Wildman–Crippen MR) is 132 cm³/mol. The van der Waals surface area contributed by atoms with E-state index in [0.717, 1.165) is 38.4 Å². The largest absolute Gasteiger partial charge is 0.347 e. The summed E-state index contributed by atoms with van der Waals surface area (Å²) >= 11 is 0. The zero-order valence-electron chi connectivity index (χ0n) is 20.2. The lowest BCUT2D eigenvalue weighted by molar-refractivity contribution is -0.132. The van der Waals surface area contributed by atoms with Crippen molar-refractivity contribution in [3.8, 4) is 0 Å². The Morgan fingerprint density at radius 1 is 1.10 bits per heavy atom. The number of carbonyl (C=O) groups excluding carboxylic acids is 1. The van der Waals surface area contributed by atoms with Crippen LogP contribution in [0.5, 0.6) is 0 Å². The number of hydrogen-bond donors (Lipinski definition) is 1. The van der Waals surface area contributed by atoms with Gasteiger partial charge in [0.1, 0.15) is 0 Å². The Labute approximate surface area is 189 Å². The second kappa shape index (κ2) is 11.7. The van der Waals surface area contributed by atoms with Crippen LogP contribution in [0.4, 0.5) is 0 Å². The zero-order chi connectivity index (χ0) is 22.2. The van der Waals surface area contributed by atoms with Crippen molar-refractivity contribution in [2.75, 3.05) is 20.1 Å². The number of rotatable bonds is 6. The van der Waals surface area contributed by atoms with Crippen molar-refractivity contribution >= 4 is 16.8 Å². The first-order valence-corrected chi connectivity index (χ1v) is 12.7. The maximum Gasteiger partial charge on any atom is 0.223 e. The number of amides is 1. The summed E-state index contributed by atoms with van der Waals surface area (Å²) in [7, 11) is 2.00. The Morgan fingerprint density at radius 2 is 1.77 bits per heavy atom. The van der Waals surface area contributed by atoms with Gasteiger partial charge in [0.25, 0.3) is 0 Å². The average Bonchev–Trinajstić information content (AvgIpc) is 3.19. The number of aromatic nitrogens is 1. The van der Waals surface area contributed by atoms with E-state index >= 15 is 0 Å². The van der Waals surface area contributed by atoms with Crippen LogP contribution in [0.25, 0.3) is 10.9 Å². The fraction of sp³-hybridized carbons (Fsp3) is 0.667. The third-order valence-electron chi connectivity index (χ3n) is 7.26. The summed E-state index contributed by atoms with van der Waals surface area (Å²) in [5, 5.41) is 4.72. The van der Waals surface area contributed by atoms with Crippen molar-refractivity contribution in [2.24, 2.45) is 5.92 Å². The third kappa shape index (κ3) is 5.91. The molecule has 1 aromatic carbocycles. The first kappa shape index (κ1) is 23.8. The highest BCUT2D eigenvalue weighted by molar-refractivity contribution is 5.86. The molecule has 2 aliphatic rings. The van der Waals surface area contributed by atoms with E-state index in [1.54, 1.807) is 0 Å². The van der Waals surface area contributed by atoms with Crippen molar-refractivity contribution in [3.63, 3.8) is 0 Å². The Morgan fingerprint density at radius 3 is 2.48 bits per heavy atom. The second-order valence-electron chi connectivity index (χ2n) is 9.35. The Balaban J connectivity index is 0.00000132. The highest BCUT2D eigenvalue weighted by Crippen LogP contribution is 2.33. The Hall–Kier alpha value is -1.81. The van der Waals surface area contributed by atoms with E-state index in [0.29, 0.717) is 12.5 Å². The van der Waals surface area contributed by atoms with Crippen molar-refractivity contribution in [1.82, 2.24) is 14.8 Å². The quantitative estimate of drug-likeness (QED) is 0.621. The minimum absolute atomic E-state index is 0.240. The summed E-state index contributed by atoms with van der Waals surface area (Å²) in [5.41, 5.74) is 2.67. The van der Waals surface area contributed by atoms with Crippen molar-refractivity contribution in [1.29, 1.82) is 0 Å². The van der Waals surface area contributed by atoms with Gasteiger partial charge in [0.05, 0.1) is 0 Å². The van der Waals surface area contributed by atoms with Gasteiger partial charge in [-0.05, 0) is 62.2 Å². The monoisotopic (exact) mass is 425 g/mol. The van der Waals surface area contributed by atoms with Gasteiger partial charge in [0.2, 0.25) is 5.91 Å². The molecule has 0 bridgehead atoms. The van der Waals surface area contributed by atoms with E-state index in [1.165, 1.54) is 48.6 Å². The first-order valence-electron chi connectivity index (χ1n) is 12.7. The molecule has 0 radical (unpaired) electrons. The lowest BCUT2D eigenvalue weighted by Gasteiger charge is -2.32. The van der Waals surface area contributed by atoms with Gasteiger partial charge in [-0.15, -0.1) is 0 Å². The summed E-state index contributed by atoms with van der Waals surface area (Å²) in [6.45, 7) is 9.38. The van der Waals surface area contributed by atoms with E-state index in [2.05, 4.69) is 47.3 Å². The molecule has 1 atom stereocenters. The molecule has 31 heavy (non-hydrogen) atoms. The van der Waals surface area contributed by atoms with Crippen LogP contribution < -0.4 is 5.32 Å². The maximum absolute atomic E-state index is 13.0. The number of piperidine rings is 1. The van der Waals surface area contributed by atoms with Gasteiger partial charge in [-0.2, -0.15) is 0 Å². The van der Waals surface area contributed by atoms with Crippen molar-refractivity contribution < 1.29 is 4.79 Å². The van der Waals surface area contributed by atoms with Gasteiger partial charge in [-0.25, -0.2) is 0 Å². The summed E-state index contributed by atoms with van der Waals surface area (Å²) in [4.78, 5) is 15.0. The van der Waals surface area contributed by atoms with Crippen molar-refractivity contribution in [3.05, 3.63) is 36.0 Å². The van der Waals surface area contributed by atoms with E-state index in [1.807, 2.05) is 25.8 Å². The number of carbonyl (C=O) groups is 1. The molecule has 4 heteroatoms. The summed E-state index contributed by atoms with van der Waals surface area (Å²) in [6.07, 6.45) is 12.0. The number of nitrogens with zero attached hydrogens (tertiary/aromatic N) is 2. The van der Waals surface area contributed by atoms with Gasteiger partial charge in [0.15, 0.2) is 0 Å². The van der Waals surface area contributed by atoms with E-state index in [-0.39, 0.29) is 11.8 Å². The zero-order valence-corrected chi connectivity index (χ0v) is 20.2. The fourth-order valence-corrected chi connectivity index (χ4v) is 5.38. The third-order valence-corrected chi connectivity index (χ3v) is 7.26. The molecule has 1 N–H and O–H groups in total. The van der Waals surface area contributed by atoms with Crippen LogP contribution in [-0.2, 0) is 11.3 Å². The van der Waals surface area contributed by atoms with E-state index < -0.39 is 0 Å². The lowest BCUT2D eigenvalue weighted by Crippen LogP contribution is -2.44. The molecule has 2 heterocycles. The summed E-state index contributed by atoms with van der Waals surface area (Å²) in [5.74, 6) is 1.33. The average molecular weight is 426 g/mol. The van der Waals surface area contributed by atoms with Gasteiger partial charge < -0.3 is 14.8 Å². The van der Waals surface area contributed by atoms with Crippen molar-refractivity contribution in [2.45, 2.75) is 90.6 Å². The topological polar surface area (TPSA) is 37.3 Å². The fourth-order valence-electron chi connectivity index (χ4n) is 5.38. The number of benzene rings is 1. The molecule has 4 rings (SSSR count). The maximum atomic E-state index is 13.0.